The summed E-state index contributed by atoms with van der Waals surface area (Å²) in [5.41, 5.74) is 1.45. The van der Waals surface area contributed by atoms with Gasteiger partial charge in [0.2, 0.25) is 0 Å². The van der Waals surface area contributed by atoms with Crippen LogP contribution in [-0.4, -0.2) is 58.0 Å². The van der Waals surface area contributed by atoms with Crippen molar-refractivity contribution in [1.82, 2.24) is 14.9 Å². The second kappa shape index (κ2) is 6.66. The highest BCUT2D eigenvalue weighted by atomic mass is 16.4. The lowest BCUT2D eigenvalue weighted by Crippen LogP contribution is -2.49. The van der Waals surface area contributed by atoms with Crippen molar-refractivity contribution in [3.63, 3.8) is 0 Å². The Labute approximate surface area is 139 Å². The molecule has 7 nitrogen and oxygen atoms in total. The van der Waals surface area contributed by atoms with E-state index in [1.165, 1.54) is 6.20 Å². The monoisotopic (exact) mass is 326 g/mol. The van der Waals surface area contributed by atoms with Crippen molar-refractivity contribution in [2.24, 2.45) is 0 Å². The van der Waals surface area contributed by atoms with Crippen molar-refractivity contribution < 1.29 is 14.7 Å². The molecule has 1 amide bonds. The fraction of sp³-hybridized carbons (Fsp3) is 0.294. The van der Waals surface area contributed by atoms with Gasteiger partial charge in [0.1, 0.15) is 11.5 Å². The number of hydrogen-bond acceptors (Lipinski definition) is 5. The molecular formula is C17H18N4O3. The molecular weight excluding hydrogens is 308 g/mol. The van der Waals surface area contributed by atoms with E-state index in [0.717, 1.165) is 11.5 Å². The molecule has 24 heavy (non-hydrogen) atoms. The summed E-state index contributed by atoms with van der Waals surface area (Å²) in [5.74, 6) is -0.330. The number of piperazine rings is 1. The number of carboxylic acids is 1. The summed E-state index contributed by atoms with van der Waals surface area (Å²) in [7, 11) is 0. The Morgan fingerprint density at radius 1 is 1.08 bits per heavy atom. The maximum Gasteiger partial charge on any atom is 0.337 e. The standard InChI is InChI=1S/C17H18N4O3/c1-12-3-2-4-14(19-12)16(22)21-9-7-20(8-10-21)15-6-5-13(11-18-15)17(23)24/h2-6,11H,7-10H2,1H3,(H,23,24). The van der Waals surface area contributed by atoms with Gasteiger partial charge in [-0.15, -0.1) is 0 Å². The molecule has 0 aliphatic carbocycles. The molecule has 3 rings (SSSR count). The van der Waals surface area contributed by atoms with Crippen molar-refractivity contribution in [1.29, 1.82) is 0 Å². The number of hydrogen-bond donors (Lipinski definition) is 1. The highest BCUT2D eigenvalue weighted by Gasteiger charge is 2.23. The zero-order valence-corrected chi connectivity index (χ0v) is 13.3. The van der Waals surface area contributed by atoms with E-state index in [9.17, 15) is 9.59 Å². The maximum atomic E-state index is 12.5. The van der Waals surface area contributed by atoms with Crippen LogP contribution in [0.15, 0.2) is 36.5 Å². The third-order valence-corrected chi connectivity index (χ3v) is 3.99. The van der Waals surface area contributed by atoms with Crippen molar-refractivity contribution in [2.75, 3.05) is 31.1 Å². The minimum Gasteiger partial charge on any atom is -0.478 e. The minimum atomic E-state index is -0.991. The van der Waals surface area contributed by atoms with Gasteiger partial charge in [0.15, 0.2) is 0 Å². The highest BCUT2D eigenvalue weighted by Crippen LogP contribution is 2.15. The van der Waals surface area contributed by atoms with E-state index in [1.807, 2.05) is 24.0 Å². The van der Waals surface area contributed by atoms with Gasteiger partial charge < -0.3 is 14.9 Å². The summed E-state index contributed by atoms with van der Waals surface area (Å²) < 4.78 is 0. The molecule has 0 unspecified atom stereocenters. The first-order chi connectivity index (χ1) is 11.5. The molecule has 1 fully saturated rings. The quantitative estimate of drug-likeness (QED) is 0.918. The van der Waals surface area contributed by atoms with Crippen LogP contribution in [0.2, 0.25) is 0 Å². The molecule has 7 heteroatoms. The molecule has 1 aliphatic rings. The van der Waals surface area contributed by atoms with E-state index in [1.54, 1.807) is 23.1 Å². The van der Waals surface area contributed by atoms with Crippen molar-refractivity contribution in [2.45, 2.75) is 6.92 Å². The lowest BCUT2D eigenvalue weighted by molar-refractivity contribution is 0.0694. The number of carboxylic acid groups (broad SMARTS) is 1. The van der Waals surface area contributed by atoms with Crippen LogP contribution in [0.4, 0.5) is 5.82 Å². The van der Waals surface area contributed by atoms with Crippen molar-refractivity contribution in [3.05, 3.63) is 53.5 Å². The molecule has 1 N–H and O–H groups in total. The molecule has 1 aliphatic heterocycles. The average Bonchev–Trinajstić information content (AvgIpc) is 2.61. The molecule has 2 aromatic heterocycles. The first-order valence-electron chi connectivity index (χ1n) is 7.72. The van der Waals surface area contributed by atoms with Gasteiger partial charge in [-0.25, -0.2) is 14.8 Å². The average molecular weight is 326 g/mol. The number of aryl methyl sites for hydroxylation is 1. The van der Waals surface area contributed by atoms with Gasteiger partial charge in [0.25, 0.3) is 5.91 Å². The summed E-state index contributed by atoms with van der Waals surface area (Å²) in [5, 5.41) is 8.91. The number of nitrogens with zero attached hydrogens (tertiary/aromatic N) is 4. The molecule has 3 heterocycles. The SMILES string of the molecule is Cc1cccc(C(=O)N2CCN(c3ccc(C(=O)O)cn3)CC2)n1. The zero-order valence-electron chi connectivity index (χ0n) is 13.3. The lowest BCUT2D eigenvalue weighted by atomic mass is 10.2. The van der Waals surface area contributed by atoms with Gasteiger partial charge in [-0.3, -0.25) is 4.79 Å². The third-order valence-electron chi connectivity index (χ3n) is 3.99. The largest absolute Gasteiger partial charge is 0.478 e. The molecule has 124 valence electrons. The number of amides is 1. The Kier molecular flexibility index (Phi) is 4.41. The summed E-state index contributed by atoms with van der Waals surface area (Å²) >= 11 is 0. The predicted octanol–water partition coefficient (Wildman–Crippen LogP) is 1.45. The molecule has 1 saturated heterocycles. The Morgan fingerprint density at radius 3 is 2.42 bits per heavy atom. The number of anilines is 1. The van der Waals surface area contributed by atoms with E-state index < -0.39 is 5.97 Å². The van der Waals surface area contributed by atoms with E-state index in [-0.39, 0.29) is 11.5 Å². The van der Waals surface area contributed by atoms with Gasteiger partial charge in [-0.05, 0) is 31.2 Å². The predicted molar refractivity (Wildman–Crippen MR) is 88.3 cm³/mol. The highest BCUT2D eigenvalue weighted by molar-refractivity contribution is 5.92. The van der Waals surface area contributed by atoms with Crippen LogP contribution in [0.3, 0.4) is 0 Å². The molecule has 0 atom stereocenters. The van der Waals surface area contributed by atoms with Gasteiger partial charge in [0, 0.05) is 38.1 Å². The molecule has 0 spiro atoms. The fourth-order valence-corrected chi connectivity index (χ4v) is 2.66. The molecule has 0 saturated carbocycles. The number of rotatable bonds is 3. The zero-order chi connectivity index (χ0) is 17.1. The van der Waals surface area contributed by atoms with Crippen LogP contribution in [0, 0.1) is 6.92 Å². The first-order valence-corrected chi connectivity index (χ1v) is 7.72. The summed E-state index contributed by atoms with van der Waals surface area (Å²) in [6.07, 6.45) is 1.35. The number of aromatic carboxylic acids is 1. The number of carbonyl (C=O) groups is 2. The van der Waals surface area contributed by atoms with Gasteiger partial charge in [-0.2, -0.15) is 0 Å². The van der Waals surface area contributed by atoms with Gasteiger partial charge in [-0.1, -0.05) is 6.07 Å². The maximum absolute atomic E-state index is 12.5. The number of aromatic nitrogens is 2. The fourth-order valence-electron chi connectivity index (χ4n) is 2.66. The van der Waals surface area contributed by atoms with Crippen molar-refractivity contribution >= 4 is 17.7 Å². The number of carbonyl (C=O) groups excluding carboxylic acids is 1. The molecule has 0 radical (unpaired) electrons. The van der Waals surface area contributed by atoms with Crippen LogP contribution in [-0.2, 0) is 0 Å². The second-order valence-electron chi connectivity index (χ2n) is 5.65. The van der Waals surface area contributed by atoms with Crippen LogP contribution in [0.25, 0.3) is 0 Å². The van der Waals surface area contributed by atoms with E-state index in [4.69, 9.17) is 5.11 Å². The Morgan fingerprint density at radius 2 is 1.83 bits per heavy atom. The summed E-state index contributed by atoms with van der Waals surface area (Å²) in [6.45, 7) is 4.32. The van der Waals surface area contributed by atoms with Crippen LogP contribution < -0.4 is 4.90 Å². The first kappa shape index (κ1) is 15.9. The van der Waals surface area contributed by atoms with E-state index in [2.05, 4.69) is 9.97 Å². The van der Waals surface area contributed by atoms with Gasteiger partial charge >= 0.3 is 5.97 Å². The minimum absolute atomic E-state index is 0.0625. The smallest absolute Gasteiger partial charge is 0.337 e. The summed E-state index contributed by atoms with van der Waals surface area (Å²) in [4.78, 5) is 35.6. The van der Waals surface area contributed by atoms with Crippen LogP contribution in [0.5, 0.6) is 0 Å². The van der Waals surface area contributed by atoms with Crippen LogP contribution >= 0.6 is 0 Å². The van der Waals surface area contributed by atoms with Crippen molar-refractivity contribution in [3.8, 4) is 0 Å². The molecule has 2 aromatic rings. The van der Waals surface area contributed by atoms with E-state index in [0.29, 0.717) is 31.9 Å². The lowest BCUT2D eigenvalue weighted by Gasteiger charge is -2.35. The van der Waals surface area contributed by atoms with Crippen LogP contribution in [0.1, 0.15) is 26.5 Å². The Bertz CT molecular complexity index is 753. The Balaban J connectivity index is 1.63. The van der Waals surface area contributed by atoms with E-state index >= 15 is 0 Å². The third kappa shape index (κ3) is 3.34. The normalized spacial score (nSPS) is 14.5. The molecule has 0 bridgehead atoms. The topological polar surface area (TPSA) is 86.6 Å². The Hall–Kier alpha value is -2.96. The molecule has 0 aromatic carbocycles. The summed E-state index contributed by atoms with van der Waals surface area (Å²) in [6, 6.07) is 8.66. The number of pyridine rings is 2. The second-order valence-corrected chi connectivity index (χ2v) is 5.65. The van der Waals surface area contributed by atoms with Gasteiger partial charge in [0.05, 0.1) is 5.56 Å².